The number of carbonyl (C=O) groups is 1. The topological polar surface area (TPSA) is 41.4 Å². The van der Waals surface area contributed by atoms with Crippen LogP contribution in [0.3, 0.4) is 0 Å². The summed E-state index contributed by atoms with van der Waals surface area (Å²) in [6.07, 6.45) is 3.84. The zero-order chi connectivity index (χ0) is 20.5. The second-order valence-corrected chi connectivity index (χ2v) is 8.62. The molecule has 2 saturated heterocycles. The van der Waals surface area contributed by atoms with Gasteiger partial charge in [-0.05, 0) is 28.7 Å². The largest absolute Gasteiger partial charge is 0.335 e. The number of rotatable bonds is 5. The number of aromatic nitrogens is 2. The third-order valence-electron chi connectivity index (χ3n) is 6.69. The monoisotopic (exact) mass is 400 g/mol. The van der Waals surface area contributed by atoms with E-state index < -0.39 is 0 Å². The fourth-order valence-electron chi connectivity index (χ4n) is 5.34. The van der Waals surface area contributed by atoms with Crippen molar-refractivity contribution in [2.75, 3.05) is 19.6 Å². The molecular formula is C25H28N4O. The van der Waals surface area contributed by atoms with E-state index in [9.17, 15) is 4.79 Å². The summed E-state index contributed by atoms with van der Waals surface area (Å²) in [7, 11) is 0. The first-order valence-electron chi connectivity index (χ1n) is 10.8. The number of amides is 1. The van der Waals surface area contributed by atoms with Crippen molar-refractivity contribution in [1.82, 2.24) is 19.6 Å². The number of benzene rings is 2. The number of hydrogen-bond acceptors (Lipinski definition) is 3. The lowest BCUT2D eigenvalue weighted by atomic mass is 9.89. The van der Waals surface area contributed by atoms with E-state index in [1.54, 1.807) is 6.92 Å². The smallest absolute Gasteiger partial charge is 0.219 e. The van der Waals surface area contributed by atoms with Gasteiger partial charge in [0.15, 0.2) is 0 Å². The Morgan fingerprint density at radius 2 is 1.67 bits per heavy atom. The molecule has 0 N–H and O–H groups in total. The first-order chi connectivity index (χ1) is 14.7. The maximum atomic E-state index is 12.3. The van der Waals surface area contributed by atoms with Gasteiger partial charge in [-0.3, -0.25) is 14.4 Å². The van der Waals surface area contributed by atoms with Crippen LogP contribution in [0, 0.1) is 11.8 Å². The third kappa shape index (κ3) is 3.65. The van der Waals surface area contributed by atoms with Crippen LogP contribution in [0.4, 0.5) is 0 Å². The molecule has 0 radical (unpaired) electrons. The van der Waals surface area contributed by atoms with Crippen molar-refractivity contribution >= 4 is 5.91 Å². The lowest BCUT2D eigenvalue weighted by Crippen LogP contribution is -2.34. The molecule has 5 rings (SSSR count). The van der Waals surface area contributed by atoms with E-state index in [-0.39, 0.29) is 11.9 Å². The molecule has 0 aliphatic carbocycles. The average molecular weight is 401 g/mol. The van der Waals surface area contributed by atoms with E-state index in [1.807, 2.05) is 29.2 Å². The van der Waals surface area contributed by atoms with Crippen molar-refractivity contribution in [3.05, 3.63) is 89.7 Å². The van der Waals surface area contributed by atoms with Crippen molar-refractivity contribution < 1.29 is 4.79 Å². The summed E-state index contributed by atoms with van der Waals surface area (Å²) in [5.74, 6) is 1.22. The number of likely N-dealkylation sites (tertiary alicyclic amines) is 2. The number of nitrogens with zero attached hydrogens (tertiary/aromatic N) is 4. The van der Waals surface area contributed by atoms with Crippen LogP contribution in [0.1, 0.15) is 29.7 Å². The maximum absolute atomic E-state index is 12.3. The Morgan fingerprint density at radius 3 is 2.37 bits per heavy atom. The highest BCUT2D eigenvalue weighted by Crippen LogP contribution is 2.45. The van der Waals surface area contributed by atoms with Gasteiger partial charge in [0.2, 0.25) is 5.91 Å². The van der Waals surface area contributed by atoms with Crippen LogP contribution in [0.2, 0.25) is 0 Å². The highest BCUT2D eigenvalue weighted by molar-refractivity contribution is 5.74. The Hall–Kier alpha value is -2.92. The van der Waals surface area contributed by atoms with Gasteiger partial charge in [-0.1, -0.05) is 54.6 Å². The summed E-state index contributed by atoms with van der Waals surface area (Å²) in [4.78, 5) is 17.0. The highest BCUT2D eigenvalue weighted by Gasteiger charge is 2.48. The molecule has 0 bridgehead atoms. The zero-order valence-electron chi connectivity index (χ0n) is 17.4. The van der Waals surface area contributed by atoms with E-state index in [1.165, 1.54) is 16.7 Å². The normalized spacial score (nSPS) is 23.6. The lowest BCUT2D eigenvalue weighted by Gasteiger charge is -2.29. The Labute approximate surface area is 177 Å². The van der Waals surface area contributed by atoms with Crippen molar-refractivity contribution in [2.45, 2.75) is 26.1 Å². The molecule has 2 aliphatic rings. The average Bonchev–Trinajstić information content (AvgIpc) is 3.46. The van der Waals surface area contributed by atoms with Crippen LogP contribution < -0.4 is 0 Å². The van der Waals surface area contributed by atoms with Gasteiger partial charge < -0.3 is 4.90 Å². The molecule has 1 amide bonds. The molecule has 154 valence electrons. The van der Waals surface area contributed by atoms with Crippen LogP contribution in [0.25, 0.3) is 0 Å². The van der Waals surface area contributed by atoms with Gasteiger partial charge in [0.05, 0.1) is 12.6 Å². The molecule has 2 aliphatic heterocycles. The van der Waals surface area contributed by atoms with Crippen LogP contribution in [-0.2, 0) is 17.9 Å². The van der Waals surface area contributed by atoms with Gasteiger partial charge in [0.25, 0.3) is 0 Å². The minimum absolute atomic E-state index is 0.189. The lowest BCUT2D eigenvalue weighted by molar-refractivity contribution is -0.130. The summed E-state index contributed by atoms with van der Waals surface area (Å²) < 4.78 is 1.98. The molecule has 2 fully saturated rings. The van der Waals surface area contributed by atoms with Crippen LogP contribution in [0.5, 0.6) is 0 Å². The number of hydrogen-bond donors (Lipinski definition) is 0. The number of carbonyl (C=O) groups excluding carboxylic acids is 1. The van der Waals surface area contributed by atoms with E-state index in [4.69, 9.17) is 0 Å². The quantitative estimate of drug-likeness (QED) is 0.657. The standard InChI is InChI=1S/C25H28N4O/c1-19(30)29-17-23-15-27(18-24(23)25(29)20-8-3-2-4-9-20)14-21-10-5-6-11-22(21)16-28-13-7-12-26-28/h2-13,23-25H,14-18H2,1H3/t23-,24-,25+/m1/s1. The second-order valence-electron chi connectivity index (χ2n) is 8.62. The predicted octanol–water partition coefficient (Wildman–Crippen LogP) is 3.58. The summed E-state index contributed by atoms with van der Waals surface area (Å²) in [6, 6.07) is 21.4. The van der Waals surface area contributed by atoms with Crippen LogP contribution in [0.15, 0.2) is 73.1 Å². The van der Waals surface area contributed by atoms with Crippen molar-refractivity contribution in [2.24, 2.45) is 11.8 Å². The SMILES string of the molecule is CC(=O)N1C[C@H]2CN(Cc3ccccc3Cn3cccn3)C[C@H]2[C@@H]1c1ccccc1. The first kappa shape index (κ1) is 19.1. The third-order valence-corrected chi connectivity index (χ3v) is 6.69. The second kappa shape index (κ2) is 8.07. The summed E-state index contributed by atoms with van der Waals surface area (Å²) >= 11 is 0. The van der Waals surface area contributed by atoms with E-state index >= 15 is 0 Å². The number of fused-ring (bicyclic) bond motifs is 1. The fraction of sp³-hybridized carbons (Fsp3) is 0.360. The predicted molar refractivity (Wildman–Crippen MR) is 117 cm³/mol. The molecule has 3 atom stereocenters. The Kier molecular flexibility index (Phi) is 5.13. The molecule has 5 nitrogen and oxygen atoms in total. The van der Waals surface area contributed by atoms with Gasteiger partial charge in [-0.15, -0.1) is 0 Å². The van der Waals surface area contributed by atoms with E-state index in [0.717, 1.165) is 32.7 Å². The molecule has 0 unspecified atom stereocenters. The van der Waals surface area contributed by atoms with Crippen molar-refractivity contribution in [1.29, 1.82) is 0 Å². The molecule has 2 aromatic carbocycles. The summed E-state index contributed by atoms with van der Waals surface area (Å²) in [6.45, 7) is 6.41. The van der Waals surface area contributed by atoms with Gasteiger partial charge >= 0.3 is 0 Å². The molecule has 0 spiro atoms. The van der Waals surface area contributed by atoms with Gasteiger partial charge in [0.1, 0.15) is 0 Å². The molecule has 1 aromatic heterocycles. The Morgan fingerprint density at radius 1 is 0.933 bits per heavy atom. The van der Waals surface area contributed by atoms with E-state index in [2.05, 4.69) is 63.4 Å². The molecular weight excluding hydrogens is 372 g/mol. The van der Waals surface area contributed by atoms with Gasteiger partial charge in [0, 0.05) is 51.4 Å². The Bertz CT molecular complexity index is 1000. The summed E-state index contributed by atoms with van der Waals surface area (Å²) in [5, 5.41) is 4.36. The minimum atomic E-state index is 0.189. The molecule has 5 heteroatoms. The highest BCUT2D eigenvalue weighted by atomic mass is 16.2. The first-order valence-corrected chi connectivity index (χ1v) is 10.8. The van der Waals surface area contributed by atoms with Gasteiger partial charge in [-0.25, -0.2) is 0 Å². The molecule has 0 saturated carbocycles. The maximum Gasteiger partial charge on any atom is 0.219 e. The fourth-order valence-corrected chi connectivity index (χ4v) is 5.34. The minimum Gasteiger partial charge on any atom is -0.335 e. The van der Waals surface area contributed by atoms with Crippen LogP contribution >= 0.6 is 0 Å². The molecule has 30 heavy (non-hydrogen) atoms. The Balaban J connectivity index is 1.34. The van der Waals surface area contributed by atoms with Crippen molar-refractivity contribution in [3.8, 4) is 0 Å². The van der Waals surface area contributed by atoms with Crippen molar-refractivity contribution in [3.63, 3.8) is 0 Å². The molecule has 3 aromatic rings. The summed E-state index contributed by atoms with van der Waals surface area (Å²) in [5.41, 5.74) is 3.96. The zero-order valence-corrected chi connectivity index (χ0v) is 17.4. The van der Waals surface area contributed by atoms with E-state index in [0.29, 0.717) is 11.8 Å². The van der Waals surface area contributed by atoms with Crippen LogP contribution in [-0.4, -0.2) is 45.1 Å². The molecule has 3 heterocycles. The van der Waals surface area contributed by atoms with Gasteiger partial charge in [-0.2, -0.15) is 5.10 Å².